The minimum absolute atomic E-state index is 0. The number of carboxylic acids is 1. The van der Waals surface area contributed by atoms with Crippen LogP contribution in [0.2, 0.25) is 0 Å². The lowest BCUT2D eigenvalue weighted by Gasteiger charge is -1.94. The van der Waals surface area contributed by atoms with Crippen LogP contribution in [0.3, 0.4) is 0 Å². The van der Waals surface area contributed by atoms with Crippen molar-refractivity contribution in [3.63, 3.8) is 0 Å². The van der Waals surface area contributed by atoms with Gasteiger partial charge in [-0.2, -0.15) is 0 Å². The number of aliphatic carboxylic acids is 1. The summed E-state index contributed by atoms with van der Waals surface area (Å²) in [5, 5.41) is 8.31. The van der Waals surface area contributed by atoms with E-state index >= 15 is 0 Å². The summed E-state index contributed by atoms with van der Waals surface area (Å²) in [4.78, 5) is 10.1. The molecule has 0 heterocycles. The van der Waals surface area contributed by atoms with E-state index in [-0.39, 0.29) is 17.0 Å². The van der Waals surface area contributed by atoms with Gasteiger partial charge in [-0.05, 0) is 19.3 Å². The van der Waals surface area contributed by atoms with Crippen molar-refractivity contribution in [2.45, 2.75) is 25.7 Å². The Morgan fingerprint density at radius 3 is 2.42 bits per heavy atom. The summed E-state index contributed by atoms with van der Waals surface area (Å²) in [6, 6.07) is 0. The Morgan fingerprint density at radius 1 is 1.42 bits per heavy atom. The molecular formula is C7H14Br2O2S. The van der Waals surface area contributed by atoms with Crippen LogP contribution in [0.15, 0.2) is 0 Å². The third-order valence-corrected chi connectivity index (χ3v) is 3.14. The predicted molar refractivity (Wildman–Crippen MR) is 53.2 cm³/mol. The number of rotatable bonds is 6. The first-order valence-electron chi connectivity index (χ1n) is 3.63. The first-order valence-corrected chi connectivity index (χ1v) is 7.28. The molecule has 0 saturated carbocycles. The molecule has 0 aliphatic carbocycles. The Balaban J connectivity index is 0. The van der Waals surface area contributed by atoms with E-state index in [4.69, 9.17) is 5.11 Å². The van der Waals surface area contributed by atoms with Crippen LogP contribution in [0.1, 0.15) is 25.7 Å². The molecule has 1 unspecified atom stereocenters. The van der Waals surface area contributed by atoms with Gasteiger partial charge in [-0.15, -0.1) is 0 Å². The van der Waals surface area contributed by atoms with Gasteiger partial charge in [-0.1, -0.05) is 0 Å². The molecule has 74 valence electrons. The lowest BCUT2D eigenvalue weighted by molar-refractivity contribution is -0.137. The largest absolute Gasteiger partial charge is 1.00 e. The van der Waals surface area contributed by atoms with E-state index in [9.17, 15) is 4.79 Å². The van der Waals surface area contributed by atoms with Crippen LogP contribution < -0.4 is 17.0 Å². The highest BCUT2D eigenvalue weighted by molar-refractivity contribution is 9.48. The van der Waals surface area contributed by atoms with Gasteiger partial charge < -0.3 is 22.1 Å². The third-order valence-electron chi connectivity index (χ3n) is 1.32. The lowest BCUT2D eigenvalue weighted by Crippen LogP contribution is -3.00. The molecule has 0 aliphatic rings. The molecule has 0 aromatic heterocycles. The van der Waals surface area contributed by atoms with Gasteiger partial charge in [-0.3, -0.25) is 4.79 Å². The van der Waals surface area contributed by atoms with Crippen molar-refractivity contribution >= 4 is 30.1 Å². The van der Waals surface area contributed by atoms with Gasteiger partial charge in [0.05, 0.1) is 9.33 Å². The van der Waals surface area contributed by atoms with E-state index in [1.165, 1.54) is 5.75 Å². The van der Waals surface area contributed by atoms with Crippen LogP contribution in [0, 0.1) is 0 Å². The molecule has 0 bridgehead atoms. The Morgan fingerprint density at radius 2 is 2.00 bits per heavy atom. The SMILES string of the molecule is C[S+](Br)CCCCCC(=O)O.[Br-]. The number of carboxylic acid groups (broad SMARTS) is 1. The first kappa shape index (κ1) is 15.3. The molecule has 5 heteroatoms. The number of carbonyl (C=O) groups is 1. The monoisotopic (exact) mass is 320 g/mol. The summed E-state index contributed by atoms with van der Waals surface area (Å²) in [5.41, 5.74) is 0. The van der Waals surface area contributed by atoms with Gasteiger partial charge in [0.1, 0.15) is 12.0 Å². The van der Waals surface area contributed by atoms with Crippen LogP contribution in [0.5, 0.6) is 0 Å². The highest BCUT2D eigenvalue weighted by atomic mass is 79.9. The molecule has 0 aromatic rings. The minimum Gasteiger partial charge on any atom is -1.00 e. The van der Waals surface area contributed by atoms with Gasteiger partial charge >= 0.3 is 5.97 Å². The Hall–Kier alpha value is 0.780. The summed E-state index contributed by atoms with van der Waals surface area (Å²) < 4.78 is 0. The fourth-order valence-corrected chi connectivity index (χ4v) is 2.04. The van der Waals surface area contributed by atoms with Gasteiger partial charge in [0.2, 0.25) is 14.8 Å². The molecule has 0 rings (SSSR count). The van der Waals surface area contributed by atoms with Gasteiger partial charge in [0.15, 0.2) is 0 Å². The smallest absolute Gasteiger partial charge is 0.303 e. The first-order chi connectivity index (χ1) is 5.13. The van der Waals surface area contributed by atoms with Crippen molar-refractivity contribution in [2.24, 2.45) is 0 Å². The van der Waals surface area contributed by atoms with Crippen LogP contribution in [-0.2, 0) is 14.1 Å². The molecule has 0 saturated heterocycles. The topological polar surface area (TPSA) is 37.3 Å². The number of hydrogen-bond acceptors (Lipinski definition) is 1. The minimum atomic E-state index is -0.681. The van der Waals surface area contributed by atoms with Crippen LogP contribution in [0.25, 0.3) is 0 Å². The highest BCUT2D eigenvalue weighted by Gasteiger charge is 2.04. The summed E-state index contributed by atoms with van der Waals surface area (Å²) in [7, 11) is 0.335. The number of unbranched alkanes of at least 4 members (excludes halogenated alkanes) is 2. The molecule has 0 fully saturated rings. The molecule has 0 radical (unpaired) electrons. The maximum Gasteiger partial charge on any atom is 0.303 e. The second kappa shape index (κ2) is 9.86. The van der Waals surface area contributed by atoms with E-state index in [0.717, 1.165) is 19.3 Å². The zero-order chi connectivity index (χ0) is 8.69. The molecule has 0 aliphatic heterocycles. The second-order valence-corrected chi connectivity index (χ2v) is 7.29. The Labute approximate surface area is 94.4 Å². The van der Waals surface area contributed by atoms with Crippen molar-refractivity contribution in [3.8, 4) is 0 Å². The van der Waals surface area contributed by atoms with Crippen LogP contribution in [-0.4, -0.2) is 23.1 Å². The summed E-state index contributed by atoms with van der Waals surface area (Å²) in [6.45, 7) is 0. The predicted octanol–water partition coefficient (Wildman–Crippen LogP) is -0.807. The van der Waals surface area contributed by atoms with E-state index in [1.807, 2.05) is 0 Å². The summed E-state index contributed by atoms with van der Waals surface area (Å²) >= 11 is 3.47. The molecule has 1 atom stereocenters. The molecule has 12 heavy (non-hydrogen) atoms. The van der Waals surface area contributed by atoms with E-state index in [0.29, 0.717) is 15.7 Å². The molecule has 2 nitrogen and oxygen atoms in total. The molecule has 0 spiro atoms. The van der Waals surface area contributed by atoms with Crippen LogP contribution in [0.4, 0.5) is 0 Å². The van der Waals surface area contributed by atoms with Crippen molar-refractivity contribution in [1.82, 2.24) is 0 Å². The van der Waals surface area contributed by atoms with E-state index < -0.39 is 5.97 Å². The second-order valence-electron chi connectivity index (χ2n) is 2.46. The zero-order valence-corrected chi connectivity index (χ0v) is 11.0. The van der Waals surface area contributed by atoms with E-state index in [2.05, 4.69) is 21.1 Å². The van der Waals surface area contributed by atoms with Crippen molar-refractivity contribution in [1.29, 1.82) is 0 Å². The van der Waals surface area contributed by atoms with Crippen molar-refractivity contribution in [3.05, 3.63) is 0 Å². The fraction of sp³-hybridized carbons (Fsp3) is 0.857. The average molecular weight is 322 g/mol. The summed E-state index contributed by atoms with van der Waals surface area (Å²) in [6.07, 6.45) is 5.45. The van der Waals surface area contributed by atoms with Gasteiger partial charge in [0.25, 0.3) is 0 Å². The quantitative estimate of drug-likeness (QED) is 0.513. The maximum atomic E-state index is 10.1. The molecular weight excluding hydrogens is 308 g/mol. The van der Waals surface area contributed by atoms with Crippen LogP contribution >= 0.6 is 14.8 Å². The molecule has 1 N–H and O–H groups in total. The summed E-state index contributed by atoms with van der Waals surface area (Å²) in [5.74, 6) is 0.485. The molecule has 0 amide bonds. The lowest BCUT2D eigenvalue weighted by atomic mass is 10.2. The van der Waals surface area contributed by atoms with Gasteiger partial charge in [-0.25, -0.2) is 0 Å². The van der Waals surface area contributed by atoms with E-state index in [1.54, 1.807) is 0 Å². The fourth-order valence-electron chi connectivity index (χ4n) is 0.754. The molecule has 0 aromatic carbocycles. The van der Waals surface area contributed by atoms with Crippen molar-refractivity contribution < 1.29 is 26.9 Å². The van der Waals surface area contributed by atoms with Gasteiger partial charge in [0, 0.05) is 6.42 Å². The maximum absolute atomic E-state index is 10.1. The number of halogens is 2. The normalized spacial score (nSPS) is 11.8. The average Bonchev–Trinajstić information content (AvgIpc) is 1.85. The zero-order valence-electron chi connectivity index (χ0n) is 7.06. The Kier molecular flexibility index (Phi) is 12.5. The standard InChI is InChI=1S/C7H13BrO2S.BrH/c1-11(8)6-4-2-3-5-7(9)10;/h2-6H2,1H3;1H. The third kappa shape index (κ3) is 13.4. The number of hydrogen-bond donors (Lipinski definition) is 1. The highest BCUT2D eigenvalue weighted by Crippen LogP contribution is 2.07. The Bertz CT molecular complexity index is 120. The van der Waals surface area contributed by atoms with Crippen molar-refractivity contribution in [2.75, 3.05) is 12.0 Å².